The summed E-state index contributed by atoms with van der Waals surface area (Å²) in [7, 11) is 0. The lowest BCUT2D eigenvalue weighted by molar-refractivity contribution is 0.505. The number of nitrogens with two attached hydrogens (primary N) is 1. The smallest absolute Gasteiger partial charge is 0.201 e. The highest BCUT2D eigenvalue weighted by atomic mass is 35.5. The molecule has 6 heteroatoms. The summed E-state index contributed by atoms with van der Waals surface area (Å²) in [5.41, 5.74) is 7.30. The van der Waals surface area contributed by atoms with Crippen LogP contribution < -0.4 is 5.73 Å². The standard InChI is InChI=1S/C12H13ClFN3S/c13-8-3-11-10(4-9(8)14)16-12(15)17(11)5-7-1-2-18-6-7/h3-4,7H,1-2,5-6H2,(H2,15,16). The Balaban J connectivity index is 2.04. The molecular weight excluding hydrogens is 273 g/mol. The second-order valence-corrected chi connectivity index (χ2v) is 6.12. The molecule has 3 rings (SSSR count). The summed E-state index contributed by atoms with van der Waals surface area (Å²) < 4.78 is 15.3. The number of thioether (sulfide) groups is 1. The second kappa shape index (κ2) is 4.63. The zero-order valence-electron chi connectivity index (χ0n) is 9.70. The maximum atomic E-state index is 13.4. The Morgan fingerprint density at radius 3 is 3.11 bits per heavy atom. The van der Waals surface area contributed by atoms with Gasteiger partial charge in [-0.05, 0) is 29.9 Å². The number of hydrogen-bond acceptors (Lipinski definition) is 3. The largest absolute Gasteiger partial charge is 0.369 e. The van der Waals surface area contributed by atoms with Crippen molar-refractivity contribution in [1.82, 2.24) is 9.55 Å². The van der Waals surface area contributed by atoms with Crippen LogP contribution >= 0.6 is 23.4 Å². The maximum Gasteiger partial charge on any atom is 0.201 e. The van der Waals surface area contributed by atoms with Crippen molar-refractivity contribution in [2.45, 2.75) is 13.0 Å². The third-order valence-corrected chi connectivity index (χ3v) is 4.81. The highest BCUT2D eigenvalue weighted by molar-refractivity contribution is 7.99. The molecule has 96 valence electrons. The molecule has 0 bridgehead atoms. The quantitative estimate of drug-likeness (QED) is 0.922. The van der Waals surface area contributed by atoms with Crippen molar-refractivity contribution in [2.75, 3.05) is 17.2 Å². The molecule has 18 heavy (non-hydrogen) atoms. The number of imidazole rings is 1. The van der Waals surface area contributed by atoms with Crippen LogP contribution in [0, 0.1) is 11.7 Å². The lowest BCUT2D eigenvalue weighted by Gasteiger charge is -2.11. The van der Waals surface area contributed by atoms with Gasteiger partial charge >= 0.3 is 0 Å². The van der Waals surface area contributed by atoms with E-state index in [-0.39, 0.29) is 5.02 Å². The number of anilines is 1. The molecule has 1 fully saturated rings. The van der Waals surface area contributed by atoms with E-state index in [9.17, 15) is 4.39 Å². The van der Waals surface area contributed by atoms with Crippen molar-refractivity contribution in [2.24, 2.45) is 5.92 Å². The topological polar surface area (TPSA) is 43.8 Å². The fourth-order valence-corrected chi connectivity index (χ4v) is 3.75. The van der Waals surface area contributed by atoms with Crippen molar-refractivity contribution >= 4 is 40.3 Å². The van der Waals surface area contributed by atoms with Crippen LogP contribution in [0.25, 0.3) is 11.0 Å². The minimum atomic E-state index is -0.453. The molecule has 2 heterocycles. The first kappa shape index (κ1) is 12.1. The van der Waals surface area contributed by atoms with Crippen LogP contribution in [0.4, 0.5) is 10.3 Å². The van der Waals surface area contributed by atoms with Crippen LogP contribution in [0.3, 0.4) is 0 Å². The molecule has 2 aromatic rings. The van der Waals surface area contributed by atoms with Gasteiger partial charge in [0.05, 0.1) is 16.1 Å². The van der Waals surface area contributed by atoms with E-state index in [2.05, 4.69) is 4.98 Å². The predicted octanol–water partition coefficient (Wildman–Crippen LogP) is 3.16. The third kappa shape index (κ3) is 2.06. The van der Waals surface area contributed by atoms with E-state index < -0.39 is 5.82 Å². The van der Waals surface area contributed by atoms with Crippen molar-refractivity contribution in [3.63, 3.8) is 0 Å². The van der Waals surface area contributed by atoms with E-state index in [1.165, 1.54) is 18.2 Å². The number of rotatable bonds is 2. The van der Waals surface area contributed by atoms with Gasteiger partial charge in [-0.25, -0.2) is 9.37 Å². The van der Waals surface area contributed by atoms with Crippen LogP contribution in [0.1, 0.15) is 6.42 Å². The molecular formula is C12H13ClFN3S. The molecule has 0 saturated carbocycles. The molecule has 2 N–H and O–H groups in total. The van der Waals surface area contributed by atoms with Crippen molar-refractivity contribution in [3.8, 4) is 0 Å². The third-order valence-electron chi connectivity index (χ3n) is 3.28. The van der Waals surface area contributed by atoms with Gasteiger partial charge in [0, 0.05) is 12.6 Å². The van der Waals surface area contributed by atoms with E-state index in [0.717, 1.165) is 17.8 Å². The molecule has 0 radical (unpaired) electrons. The van der Waals surface area contributed by atoms with Crippen LogP contribution in [0.5, 0.6) is 0 Å². The van der Waals surface area contributed by atoms with Gasteiger partial charge in [-0.2, -0.15) is 11.8 Å². The number of aromatic nitrogens is 2. The molecule has 0 amide bonds. The number of nitrogens with zero attached hydrogens (tertiary/aromatic N) is 2. The van der Waals surface area contributed by atoms with Gasteiger partial charge in [0.2, 0.25) is 5.95 Å². The fraction of sp³-hybridized carbons (Fsp3) is 0.417. The van der Waals surface area contributed by atoms with Crippen LogP contribution in [-0.2, 0) is 6.54 Å². The lowest BCUT2D eigenvalue weighted by atomic mass is 10.1. The van der Waals surface area contributed by atoms with Gasteiger partial charge < -0.3 is 10.3 Å². The first-order chi connectivity index (χ1) is 8.65. The predicted molar refractivity (Wildman–Crippen MR) is 74.5 cm³/mol. The van der Waals surface area contributed by atoms with Crippen LogP contribution in [0.2, 0.25) is 5.02 Å². The minimum absolute atomic E-state index is 0.115. The SMILES string of the molecule is Nc1nc2cc(F)c(Cl)cc2n1CC1CCSC1. The van der Waals surface area contributed by atoms with Gasteiger partial charge in [-0.1, -0.05) is 11.6 Å². The average Bonchev–Trinajstić information content (AvgIpc) is 2.92. The normalized spacial score (nSPS) is 19.8. The Hall–Kier alpha value is -0.940. The van der Waals surface area contributed by atoms with Gasteiger partial charge in [0.15, 0.2) is 0 Å². The summed E-state index contributed by atoms with van der Waals surface area (Å²) in [6, 6.07) is 2.95. The Labute approximate surface area is 114 Å². The number of nitrogen functional groups attached to an aromatic ring is 1. The van der Waals surface area contributed by atoms with Gasteiger partial charge in [-0.3, -0.25) is 0 Å². The monoisotopic (exact) mass is 285 g/mol. The number of halogens is 2. The van der Waals surface area contributed by atoms with Crippen molar-refractivity contribution < 1.29 is 4.39 Å². The van der Waals surface area contributed by atoms with E-state index in [4.69, 9.17) is 17.3 Å². The average molecular weight is 286 g/mol. The number of hydrogen-bond donors (Lipinski definition) is 1. The summed E-state index contributed by atoms with van der Waals surface area (Å²) in [4.78, 5) is 4.19. The molecule has 1 atom stereocenters. The molecule has 0 spiro atoms. The number of benzene rings is 1. The van der Waals surface area contributed by atoms with Crippen molar-refractivity contribution in [1.29, 1.82) is 0 Å². The summed E-state index contributed by atoms with van der Waals surface area (Å²) in [5.74, 6) is 2.94. The van der Waals surface area contributed by atoms with Crippen LogP contribution in [-0.4, -0.2) is 21.1 Å². The van der Waals surface area contributed by atoms with E-state index in [1.807, 2.05) is 16.3 Å². The zero-order chi connectivity index (χ0) is 12.7. The van der Waals surface area contributed by atoms with E-state index >= 15 is 0 Å². The minimum Gasteiger partial charge on any atom is -0.369 e. The molecule has 1 unspecified atom stereocenters. The summed E-state index contributed by atoms with van der Waals surface area (Å²) in [5, 5.41) is 0.115. The fourth-order valence-electron chi connectivity index (χ4n) is 2.32. The Morgan fingerprint density at radius 1 is 1.56 bits per heavy atom. The molecule has 0 aliphatic carbocycles. The van der Waals surface area contributed by atoms with E-state index in [1.54, 1.807) is 6.07 Å². The Bertz CT molecular complexity index is 593. The van der Waals surface area contributed by atoms with Gasteiger partial charge in [0.1, 0.15) is 5.82 Å². The van der Waals surface area contributed by atoms with Crippen molar-refractivity contribution in [3.05, 3.63) is 23.0 Å². The number of fused-ring (bicyclic) bond motifs is 1. The summed E-state index contributed by atoms with van der Waals surface area (Å²) in [6.07, 6.45) is 1.19. The molecule has 1 aromatic carbocycles. The zero-order valence-corrected chi connectivity index (χ0v) is 11.3. The molecule has 1 aliphatic rings. The molecule has 1 aliphatic heterocycles. The van der Waals surface area contributed by atoms with E-state index in [0.29, 0.717) is 17.4 Å². The molecule has 1 saturated heterocycles. The van der Waals surface area contributed by atoms with Gasteiger partial charge in [0.25, 0.3) is 0 Å². The Morgan fingerprint density at radius 2 is 2.39 bits per heavy atom. The molecule has 1 aromatic heterocycles. The molecule has 3 nitrogen and oxygen atoms in total. The second-order valence-electron chi connectivity index (χ2n) is 4.57. The highest BCUT2D eigenvalue weighted by Gasteiger charge is 2.19. The summed E-state index contributed by atoms with van der Waals surface area (Å²) >= 11 is 7.78. The van der Waals surface area contributed by atoms with Crippen LogP contribution in [0.15, 0.2) is 12.1 Å². The summed E-state index contributed by atoms with van der Waals surface area (Å²) in [6.45, 7) is 0.831. The lowest BCUT2D eigenvalue weighted by Crippen LogP contribution is -2.12. The first-order valence-electron chi connectivity index (χ1n) is 5.83. The van der Waals surface area contributed by atoms with Gasteiger partial charge in [-0.15, -0.1) is 0 Å². The maximum absolute atomic E-state index is 13.4. The highest BCUT2D eigenvalue weighted by Crippen LogP contribution is 2.29. The Kier molecular flexibility index (Phi) is 3.11. The first-order valence-corrected chi connectivity index (χ1v) is 7.37.